The molecule has 0 radical (unpaired) electrons. The number of halogens is 3. The van der Waals surface area contributed by atoms with E-state index < -0.39 is 5.54 Å². The molecule has 0 saturated carbocycles. The molecule has 0 bridgehead atoms. The van der Waals surface area contributed by atoms with E-state index in [1.54, 1.807) is 25.1 Å². The molecule has 0 amide bonds. The van der Waals surface area contributed by atoms with E-state index in [4.69, 9.17) is 23.2 Å². The first-order valence-electron chi connectivity index (χ1n) is 5.85. The first kappa shape index (κ1) is 15.2. The zero-order valence-corrected chi connectivity index (χ0v) is 13.7. The van der Waals surface area contributed by atoms with Crippen LogP contribution in [0.1, 0.15) is 12.5 Å². The number of nitriles is 1. The normalized spacial score (nSPS) is 13.3. The molecule has 2 aromatic rings. The summed E-state index contributed by atoms with van der Waals surface area (Å²) in [5.41, 5.74) is 0.724. The van der Waals surface area contributed by atoms with E-state index >= 15 is 0 Å². The molecule has 1 N–H and O–H groups in total. The highest BCUT2D eigenvalue weighted by Gasteiger charge is 2.26. The first-order valence-corrected chi connectivity index (χ1v) is 7.40. The Kier molecular flexibility index (Phi) is 4.59. The van der Waals surface area contributed by atoms with Crippen molar-refractivity contribution in [1.82, 2.24) is 0 Å². The van der Waals surface area contributed by atoms with Crippen LogP contribution in [-0.4, -0.2) is 0 Å². The summed E-state index contributed by atoms with van der Waals surface area (Å²) in [5, 5.41) is 14.0. The minimum absolute atomic E-state index is 0.600. The molecule has 0 fully saturated rings. The Morgan fingerprint density at radius 1 is 1.20 bits per heavy atom. The molecular weight excluding hydrogens is 359 g/mol. The monoisotopic (exact) mass is 368 g/mol. The van der Waals surface area contributed by atoms with Crippen LogP contribution in [-0.2, 0) is 5.54 Å². The lowest BCUT2D eigenvalue weighted by molar-refractivity contribution is 0.706. The van der Waals surface area contributed by atoms with Gasteiger partial charge in [-0.25, -0.2) is 0 Å². The van der Waals surface area contributed by atoms with Crippen molar-refractivity contribution < 1.29 is 0 Å². The third-order valence-corrected chi connectivity index (χ3v) is 4.39. The maximum atomic E-state index is 9.52. The molecule has 1 unspecified atom stereocenters. The molecule has 0 saturated heterocycles. The lowest BCUT2D eigenvalue weighted by Gasteiger charge is -2.25. The molecule has 5 heteroatoms. The summed E-state index contributed by atoms with van der Waals surface area (Å²) in [4.78, 5) is 0. The largest absolute Gasteiger partial charge is 0.364 e. The minimum Gasteiger partial charge on any atom is -0.364 e. The Hall–Kier alpha value is -1.21. The molecule has 0 aliphatic carbocycles. The predicted molar refractivity (Wildman–Crippen MR) is 87.2 cm³/mol. The van der Waals surface area contributed by atoms with Gasteiger partial charge in [-0.1, -0.05) is 35.3 Å². The van der Waals surface area contributed by atoms with Crippen molar-refractivity contribution >= 4 is 44.8 Å². The van der Waals surface area contributed by atoms with Gasteiger partial charge >= 0.3 is 0 Å². The molecule has 2 aromatic carbocycles. The van der Waals surface area contributed by atoms with Gasteiger partial charge < -0.3 is 5.32 Å². The summed E-state index contributed by atoms with van der Waals surface area (Å²) in [6, 6.07) is 15.0. The van der Waals surface area contributed by atoms with Crippen molar-refractivity contribution in [3.8, 4) is 6.07 Å². The number of hydrogen-bond acceptors (Lipinski definition) is 2. The van der Waals surface area contributed by atoms with Crippen molar-refractivity contribution in [1.29, 1.82) is 5.26 Å². The molecule has 102 valence electrons. The molecular formula is C15H11BrCl2N2. The van der Waals surface area contributed by atoms with Crippen LogP contribution in [0.15, 0.2) is 46.9 Å². The van der Waals surface area contributed by atoms with Crippen LogP contribution in [0.5, 0.6) is 0 Å². The van der Waals surface area contributed by atoms with Gasteiger partial charge in [0, 0.05) is 15.2 Å². The van der Waals surface area contributed by atoms with E-state index in [1.165, 1.54) is 0 Å². The second-order valence-corrected chi connectivity index (χ2v) is 6.20. The average molecular weight is 370 g/mol. The van der Waals surface area contributed by atoms with Crippen LogP contribution in [0.25, 0.3) is 0 Å². The number of hydrogen-bond donors (Lipinski definition) is 1. The van der Waals surface area contributed by atoms with Gasteiger partial charge in [0.05, 0.1) is 11.1 Å². The van der Waals surface area contributed by atoms with E-state index in [0.29, 0.717) is 10.0 Å². The standard InChI is InChI=1S/C15H11BrCl2N2/c1-15(9-19,10-3-2-4-11(17)7-10)20-12-5-6-14(18)13(16)8-12/h2-8,20H,1H3. The highest BCUT2D eigenvalue weighted by Crippen LogP contribution is 2.31. The third-order valence-electron chi connectivity index (χ3n) is 2.94. The fraction of sp³-hybridized carbons (Fsp3) is 0.133. The maximum Gasteiger partial charge on any atom is 0.148 e. The lowest BCUT2D eigenvalue weighted by Crippen LogP contribution is -2.29. The van der Waals surface area contributed by atoms with Crippen molar-refractivity contribution in [3.05, 3.63) is 62.5 Å². The molecule has 2 rings (SSSR count). The van der Waals surface area contributed by atoms with Crippen LogP contribution in [0.4, 0.5) is 5.69 Å². The van der Waals surface area contributed by atoms with E-state index in [-0.39, 0.29) is 0 Å². The van der Waals surface area contributed by atoms with E-state index in [1.807, 2.05) is 24.3 Å². The van der Waals surface area contributed by atoms with Crippen molar-refractivity contribution in [2.45, 2.75) is 12.5 Å². The lowest BCUT2D eigenvalue weighted by atomic mass is 9.93. The van der Waals surface area contributed by atoms with Gasteiger partial charge in [-0.15, -0.1) is 0 Å². The van der Waals surface area contributed by atoms with E-state index in [0.717, 1.165) is 15.7 Å². The Balaban J connectivity index is 2.37. The van der Waals surface area contributed by atoms with Crippen molar-refractivity contribution in [3.63, 3.8) is 0 Å². The van der Waals surface area contributed by atoms with Crippen molar-refractivity contribution in [2.75, 3.05) is 5.32 Å². The summed E-state index contributed by atoms with van der Waals surface area (Å²) >= 11 is 15.3. The number of anilines is 1. The second-order valence-electron chi connectivity index (χ2n) is 4.50. The number of nitrogens with zero attached hydrogens (tertiary/aromatic N) is 1. The number of nitrogens with one attached hydrogen (secondary N) is 1. The third kappa shape index (κ3) is 3.27. The fourth-order valence-corrected chi connectivity index (χ4v) is 2.51. The topological polar surface area (TPSA) is 35.8 Å². The summed E-state index contributed by atoms with van der Waals surface area (Å²) in [5.74, 6) is 0. The summed E-state index contributed by atoms with van der Waals surface area (Å²) < 4.78 is 0.774. The minimum atomic E-state index is -0.877. The highest BCUT2D eigenvalue weighted by atomic mass is 79.9. The molecule has 2 nitrogen and oxygen atoms in total. The predicted octanol–water partition coefficient (Wildman–Crippen LogP) is 5.61. The molecule has 0 spiro atoms. The van der Waals surface area contributed by atoms with Crippen molar-refractivity contribution in [2.24, 2.45) is 0 Å². The van der Waals surface area contributed by atoms with Crippen LogP contribution < -0.4 is 5.32 Å². The summed E-state index contributed by atoms with van der Waals surface area (Å²) in [7, 11) is 0. The molecule has 1 atom stereocenters. The Morgan fingerprint density at radius 2 is 1.95 bits per heavy atom. The fourth-order valence-electron chi connectivity index (χ4n) is 1.83. The van der Waals surface area contributed by atoms with Crippen LogP contribution in [0.3, 0.4) is 0 Å². The Labute approximate surface area is 136 Å². The number of benzene rings is 2. The SMILES string of the molecule is CC(C#N)(Nc1ccc(Cl)c(Br)c1)c1cccc(Cl)c1. The van der Waals surface area contributed by atoms with Gasteiger partial charge in [-0.3, -0.25) is 0 Å². The summed E-state index contributed by atoms with van der Waals surface area (Å²) in [6.45, 7) is 1.81. The Bertz CT molecular complexity index is 682. The second kappa shape index (κ2) is 6.05. The molecule has 0 aliphatic rings. The maximum absolute atomic E-state index is 9.52. The van der Waals surface area contributed by atoms with Gasteiger partial charge in [0.2, 0.25) is 0 Å². The number of rotatable bonds is 3. The zero-order valence-electron chi connectivity index (χ0n) is 10.6. The first-order chi connectivity index (χ1) is 9.44. The van der Waals surface area contributed by atoms with Gasteiger partial charge in [0.1, 0.15) is 5.54 Å². The quantitative estimate of drug-likeness (QED) is 0.763. The highest BCUT2D eigenvalue weighted by molar-refractivity contribution is 9.10. The van der Waals surface area contributed by atoms with E-state index in [9.17, 15) is 5.26 Å². The van der Waals surface area contributed by atoms with Gasteiger partial charge in [0.25, 0.3) is 0 Å². The Morgan fingerprint density at radius 3 is 2.55 bits per heavy atom. The molecule has 20 heavy (non-hydrogen) atoms. The van der Waals surface area contributed by atoms with Crippen LogP contribution >= 0.6 is 39.1 Å². The molecule has 0 aliphatic heterocycles. The molecule has 0 heterocycles. The smallest absolute Gasteiger partial charge is 0.148 e. The zero-order chi connectivity index (χ0) is 14.8. The van der Waals surface area contributed by atoms with Gasteiger partial charge in [0.15, 0.2) is 0 Å². The summed E-state index contributed by atoms with van der Waals surface area (Å²) in [6.07, 6.45) is 0. The van der Waals surface area contributed by atoms with Crippen LogP contribution in [0, 0.1) is 11.3 Å². The van der Waals surface area contributed by atoms with Crippen LogP contribution in [0.2, 0.25) is 10.0 Å². The van der Waals surface area contributed by atoms with Gasteiger partial charge in [-0.05, 0) is 58.7 Å². The van der Waals surface area contributed by atoms with E-state index in [2.05, 4.69) is 27.3 Å². The molecule has 0 aromatic heterocycles. The average Bonchev–Trinajstić information content (AvgIpc) is 2.43. The van der Waals surface area contributed by atoms with Gasteiger partial charge in [-0.2, -0.15) is 5.26 Å².